The van der Waals surface area contributed by atoms with Crippen LogP contribution in [0, 0.1) is 0 Å². The minimum absolute atomic E-state index is 0.111. The molecule has 8 heteroatoms. The molecule has 0 saturated heterocycles. The van der Waals surface area contributed by atoms with Crippen LogP contribution in [0.5, 0.6) is 0 Å². The van der Waals surface area contributed by atoms with Crippen molar-refractivity contribution < 1.29 is 24.6 Å². The number of hydrogen-bond donors (Lipinski definition) is 4. The van der Waals surface area contributed by atoms with Gasteiger partial charge in [0.05, 0.1) is 6.10 Å². The molecule has 0 spiro atoms. The summed E-state index contributed by atoms with van der Waals surface area (Å²) >= 11 is 0. The maximum Gasteiger partial charge on any atom is 0.323 e. The molecule has 0 unspecified atom stereocenters. The number of nitrogens with one attached hydrogen (secondary N) is 1. The lowest BCUT2D eigenvalue weighted by Gasteiger charge is -2.28. The van der Waals surface area contributed by atoms with Crippen molar-refractivity contribution in [2.75, 3.05) is 13.1 Å². The zero-order valence-corrected chi connectivity index (χ0v) is 10.5. The smallest absolute Gasteiger partial charge is 0.323 e. The lowest BCUT2D eigenvalue weighted by molar-refractivity contribution is -0.137. The van der Waals surface area contributed by atoms with Crippen LogP contribution in [0.1, 0.15) is 25.7 Å². The summed E-state index contributed by atoms with van der Waals surface area (Å²) in [6, 6.07) is -0.734. The van der Waals surface area contributed by atoms with Gasteiger partial charge in [-0.1, -0.05) is 0 Å². The molecule has 1 saturated carbocycles. The largest absolute Gasteiger partial charge is 0.480 e. The van der Waals surface area contributed by atoms with Crippen LogP contribution in [-0.2, 0) is 9.59 Å². The number of carbonyl (C=O) groups is 3. The fraction of sp³-hybridized carbons (Fsp3) is 0.727. The van der Waals surface area contributed by atoms with E-state index in [-0.39, 0.29) is 12.1 Å². The molecule has 1 fully saturated rings. The number of nitrogens with two attached hydrogens (primary N) is 1. The number of hydrogen-bond acceptors (Lipinski definition) is 4. The van der Waals surface area contributed by atoms with Crippen molar-refractivity contribution in [3.63, 3.8) is 0 Å². The second-order valence-electron chi connectivity index (χ2n) is 4.67. The highest BCUT2D eigenvalue weighted by molar-refractivity contribution is 5.86. The van der Waals surface area contributed by atoms with Crippen molar-refractivity contribution in [3.05, 3.63) is 0 Å². The highest BCUT2D eigenvalue weighted by Crippen LogP contribution is 2.18. The molecule has 108 valence electrons. The van der Waals surface area contributed by atoms with Gasteiger partial charge in [-0.15, -0.1) is 0 Å². The van der Waals surface area contributed by atoms with Gasteiger partial charge in [-0.25, -0.2) is 4.79 Å². The number of nitrogens with zero attached hydrogens (tertiary/aromatic N) is 1. The van der Waals surface area contributed by atoms with Gasteiger partial charge in [0.1, 0.15) is 13.1 Å². The van der Waals surface area contributed by atoms with E-state index >= 15 is 0 Å². The fourth-order valence-electron chi connectivity index (χ4n) is 2.04. The van der Waals surface area contributed by atoms with Crippen LogP contribution in [0.15, 0.2) is 0 Å². The summed E-state index contributed by atoms with van der Waals surface area (Å²) in [5, 5.41) is 20.7. The number of rotatable bonds is 5. The lowest BCUT2D eigenvalue weighted by Crippen LogP contribution is -2.50. The van der Waals surface area contributed by atoms with Crippen molar-refractivity contribution in [1.29, 1.82) is 0 Å². The van der Waals surface area contributed by atoms with Crippen molar-refractivity contribution in [1.82, 2.24) is 10.2 Å². The minimum Gasteiger partial charge on any atom is -0.480 e. The second-order valence-corrected chi connectivity index (χ2v) is 4.67. The number of carbonyl (C=O) groups excluding carboxylic acids is 2. The van der Waals surface area contributed by atoms with Gasteiger partial charge in [0.25, 0.3) is 0 Å². The van der Waals surface area contributed by atoms with Gasteiger partial charge < -0.3 is 26.2 Å². The third kappa shape index (κ3) is 5.56. The summed E-state index contributed by atoms with van der Waals surface area (Å²) in [5.74, 6) is -1.98. The summed E-state index contributed by atoms with van der Waals surface area (Å²) in [7, 11) is 0. The van der Waals surface area contributed by atoms with Crippen molar-refractivity contribution in [2.24, 2.45) is 5.73 Å². The quantitative estimate of drug-likeness (QED) is 0.503. The Hall–Kier alpha value is -1.83. The molecule has 0 aliphatic heterocycles. The van der Waals surface area contributed by atoms with E-state index in [0.717, 1.165) is 4.90 Å². The van der Waals surface area contributed by atoms with Crippen LogP contribution in [0.4, 0.5) is 4.79 Å². The molecule has 0 aromatic heterocycles. The van der Waals surface area contributed by atoms with Crippen molar-refractivity contribution in [2.45, 2.75) is 37.8 Å². The van der Waals surface area contributed by atoms with Gasteiger partial charge in [-0.05, 0) is 25.7 Å². The van der Waals surface area contributed by atoms with Crippen molar-refractivity contribution >= 4 is 17.9 Å². The highest BCUT2D eigenvalue weighted by atomic mass is 16.4. The standard InChI is InChI=1S/C11H19N3O5/c12-9(16)5-14(6-10(17)18)11(19)13-7-1-3-8(15)4-2-7/h7-8,15H,1-6H2,(H2,12,16)(H,13,19)(H,17,18). The summed E-state index contributed by atoms with van der Waals surface area (Å²) in [6.45, 7) is -1.02. The molecule has 1 aliphatic carbocycles. The van der Waals surface area contributed by atoms with Crippen molar-refractivity contribution in [3.8, 4) is 0 Å². The van der Waals surface area contributed by atoms with E-state index in [2.05, 4.69) is 5.32 Å². The van der Waals surface area contributed by atoms with E-state index in [9.17, 15) is 19.5 Å². The molecule has 5 N–H and O–H groups in total. The van der Waals surface area contributed by atoms with Crippen LogP contribution in [0.25, 0.3) is 0 Å². The molecule has 0 heterocycles. The number of aliphatic hydroxyl groups is 1. The SMILES string of the molecule is NC(=O)CN(CC(=O)O)C(=O)NC1CCC(O)CC1. The molecule has 19 heavy (non-hydrogen) atoms. The molecule has 0 radical (unpaired) electrons. The Morgan fingerprint density at radius 2 is 1.74 bits per heavy atom. The first kappa shape index (κ1) is 15.2. The molecular formula is C11H19N3O5. The number of aliphatic hydroxyl groups excluding tert-OH is 1. The lowest BCUT2D eigenvalue weighted by atomic mass is 9.93. The first-order valence-corrected chi connectivity index (χ1v) is 6.12. The summed E-state index contributed by atoms with van der Waals surface area (Å²) in [5.41, 5.74) is 4.97. The maximum absolute atomic E-state index is 11.8. The Balaban J connectivity index is 2.51. The third-order valence-electron chi connectivity index (χ3n) is 2.98. The Bertz CT molecular complexity index is 336. The van der Waals surface area contributed by atoms with Crippen LogP contribution in [0.2, 0.25) is 0 Å². The average molecular weight is 273 g/mol. The number of amides is 3. The molecular weight excluding hydrogens is 254 g/mol. The molecule has 0 aromatic carbocycles. The molecule has 3 amide bonds. The summed E-state index contributed by atoms with van der Waals surface area (Å²) in [6.07, 6.45) is 2.11. The predicted molar refractivity (Wildman–Crippen MR) is 65.2 cm³/mol. The van der Waals surface area contributed by atoms with Gasteiger partial charge in [0.15, 0.2) is 0 Å². The topological polar surface area (TPSA) is 133 Å². The minimum atomic E-state index is -1.21. The number of primary amides is 1. The Kier molecular flexibility index (Phi) is 5.56. The number of carboxylic acid groups (broad SMARTS) is 1. The average Bonchev–Trinajstić information content (AvgIpc) is 2.30. The van der Waals surface area contributed by atoms with Gasteiger partial charge >= 0.3 is 12.0 Å². The normalized spacial score (nSPS) is 22.6. The van der Waals surface area contributed by atoms with E-state index in [0.29, 0.717) is 25.7 Å². The number of carboxylic acids is 1. The van der Waals surface area contributed by atoms with Gasteiger partial charge in [-0.3, -0.25) is 9.59 Å². The van der Waals surface area contributed by atoms with E-state index in [1.54, 1.807) is 0 Å². The third-order valence-corrected chi connectivity index (χ3v) is 2.98. The molecule has 0 atom stereocenters. The van der Waals surface area contributed by atoms with Crippen LogP contribution >= 0.6 is 0 Å². The molecule has 0 aromatic rings. The zero-order valence-electron chi connectivity index (χ0n) is 10.5. The summed E-state index contributed by atoms with van der Waals surface area (Å²) in [4.78, 5) is 34.1. The van der Waals surface area contributed by atoms with Gasteiger partial charge in [-0.2, -0.15) is 0 Å². The second kappa shape index (κ2) is 6.93. The first-order valence-electron chi connectivity index (χ1n) is 6.12. The molecule has 8 nitrogen and oxygen atoms in total. The fourth-order valence-corrected chi connectivity index (χ4v) is 2.04. The number of urea groups is 1. The van der Waals surface area contributed by atoms with Gasteiger partial charge in [0.2, 0.25) is 5.91 Å². The van der Waals surface area contributed by atoms with Crippen LogP contribution in [-0.4, -0.2) is 58.3 Å². The number of aliphatic carboxylic acids is 1. The van der Waals surface area contributed by atoms with E-state index in [1.165, 1.54) is 0 Å². The van der Waals surface area contributed by atoms with E-state index in [1.807, 2.05) is 0 Å². The monoisotopic (exact) mass is 273 g/mol. The molecule has 1 rings (SSSR count). The van der Waals surface area contributed by atoms with Crippen LogP contribution in [0.3, 0.4) is 0 Å². The first-order chi connectivity index (χ1) is 8.88. The van der Waals surface area contributed by atoms with E-state index < -0.39 is 31.0 Å². The highest BCUT2D eigenvalue weighted by Gasteiger charge is 2.24. The predicted octanol–water partition coefficient (Wildman–Crippen LogP) is -1.13. The van der Waals surface area contributed by atoms with Crippen LogP contribution < -0.4 is 11.1 Å². The Labute approximate surface area is 110 Å². The zero-order chi connectivity index (χ0) is 14.4. The van der Waals surface area contributed by atoms with Gasteiger partial charge in [0, 0.05) is 6.04 Å². The summed E-state index contributed by atoms with van der Waals surface area (Å²) < 4.78 is 0. The Morgan fingerprint density at radius 3 is 2.21 bits per heavy atom. The molecule has 1 aliphatic rings. The maximum atomic E-state index is 11.8. The Morgan fingerprint density at radius 1 is 1.16 bits per heavy atom. The van der Waals surface area contributed by atoms with E-state index in [4.69, 9.17) is 10.8 Å². The molecule has 0 bridgehead atoms.